The van der Waals surface area contributed by atoms with E-state index in [9.17, 15) is 4.79 Å². The maximum Gasteiger partial charge on any atom is 0.235 e. The van der Waals surface area contributed by atoms with Crippen molar-refractivity contribution in [3.8, 4) is 5.69 Å². The number of nitrogens with one attached hydrogen (secondary N) is 1. The molecule has 1 aliphatic rings. The number of fused-ring (bicyclic) bond motifs is 1. The van der Waals surface area contributed by atoms with Gasteiger partial charge in [0.2, 0.25) is 5.91 Å². The molecule has 0 unspecified atom stereocenters. The summed E-state index contributed by atoms with van der Waals surface area (Å²) in [5.41, 5.74) is 7.92. The summed E-state index contributed by atoms with van der Waals surface area (Å²) in [5, 5.41) is 7.97. The average Bonchev–Trinajstić information content (AvgIpc) is 2.84. The Bertz CT molecular complexity index is 1020. The van der Waals surface area contributed by atoms with Gasteiger partial charge < -0.3 is 5.32 Å². The highest BCUT2D eigenvalue weighted by Crippen LogP contribution is 2.44. The van der Waals surface area contributed by atoms with Crippen LogP contribution >= 0.6 is 11.8 Å². The van der Waals surface area contributed by atoms with Crippen LogP contribution in [0.5, 0.6) is 0 Å². The van der Waals surface area contributed by atoms with E-state index >= 15 is 0 Å². The molecule has 0 spiro atoms. The first kappa shape index (κ1) is 17.9. The molecule has 0 saturated heterocycles. The minimum Gasteiger partial charge on any atom is -0.310 e. The van der Waals surface area contributed by atoms with Gasteiger partial charge in [0.1, 0.15) is 5.82 Å². The number of anilines is 1. The first-order chi connectivity index (χ1) is 12.9. The lowest BCUT2D eigenvalue weighted by atomic mass is 9.98. The van der Waals surface area contributed by atoms with Crippen molar-refractivity contribution in [3.05, 3.63) is 76.0 Å². The van der Waals surface area contributed by atoms with E-state index in [1.807, 2.05) is 23.7 Å². The Hall–Kier alpha value is -2.53. The van der Waals surface area contributed by atoms with E-state index in [4.69, 9.17) is 5.10 Å². The van der Waals surface area contributed by atoms with E-state index in [2.05, 4.69) is 56.4 Å². The largest absolute Gasteiger partial charge is 0.310 e. The standard InChI is InChI=1S/C22H23N3OS/c1-13-6-9-17(10-7-13)25-22-20(16(4)24-25)21(27-12-19(26)23-22)18-11-14(2)5-8-15(18)3/h5-11,21H,12H2,1-4H3,(H,23,26)/t21-/m0/s1. The van der Waals surface area contributed by atoms with Crippen molar-refractivity contribution in [1.82, 2.24) is 9.78 Å². The summed E-state index contributed by atoms with van der Waals surface area (Å²) in [6.07, 6.45) is 0. The molecule has 1 N–H and O–H groups in total. The van der Waals surface area contributed by atoms with Crippen LogP contribution in [-0.4, -0.2) is 21.4 Å². The number of nitrogens with zero attached hydrogens (tertiary/aromatic N) is 2. The number of thioether (sulfide) groups is 1. The summed E-state index contributed by atoms with van der Waals surface area (Å²) < 4.78 is 1.87. The van der Waals surface area contributed by atoms with Crippen molar-refractivity contribution < 1.29 is 4.79 Å². The molecule has 1 aliphatic heterocycles. The van der Waals surface area contributed by atoms with Crippen LogP contribution in [0.2, 0.25) is 0 Å². The van der Waals surface area contributed by atoms with E-state index < -0.39 is 0 Å². The highest BCUT2D eigenvalue weighted by Gasteiger charge is 2.31. The summed E-state index contributed by atoms with van der Waals surface area (Å²) in [6, 6.07) is 14.7. The molecule has 2 aromatic carbocycles. The van der Waals surface area contributed by atoms with Gasteiger partial charge in [0.25, 0.3) is 0 Å². The van der Waals surface area contributed by atoms with Crippen LogP contribution in [0.4, 0.5) is 5.82 Å². The number of aromatic nitrogens is 2. The Labute approximate surface area is 164 Å². The molecule has 4 rings (SSSR count). The molecule has 2 heterocycles. The molecule has 1 atom stereocenters. The van der Waals surface area contributed by atoms with E-state index in [0.717, 1.165) is 22.8 Å². The summed E-state index contributed by atoms with van der Waals surface area (Å²) >= 11 is 1.67. The zero-order valence-corrected chi connectivity index (χ0v) is 16.9. The molecule has 0 fully saturated rings. The van der Waals surface area contributed by atoms with Gasteiger partial charge >= 0.3 is 0 Å². The molecule has 5 heteroatoms. The van der Waals surface area contributed by atoms with Crippen molar-refractivity contribution in [2.45, 2.75) is 32.9 Å². The Balaban J connectivity index is 1.91. The van der Waals surface area contributed by atoms with E-state index in [0.29, 0.717) is 5.75 Å². The maximum absolute atomic E-state index is 12.4. The second-order valence-corrected chi connectivity index (χ2v) is 8.29. The zero-order valence-electron chi connectivity index (χ0n) is 16.0. The van der Waals surface area contributed by atoms with Crippen LogP contribution in [0.3, 0.4) is 0 Å². The third-order valence-corrected chi connectivity index (χ3v) is 6.26. The van der Waals surface area contributed by atoms with E-state index in [-0.39, 0.29) is 11.2 Å². The van der Waals surface area contributed by atoms with Crippen LogP contribution in [0.1, 0.15) is 38.8 Å². The second-order valence-electron chi connectivity index (χ2n) is 7.19. The van der Waals surface area contributed by atoms with Crippen molar-refractivity contribution in [1.29, 1.82) is 0 Å². The lowest BCUT2D eigenvalue weighted by Crippen LogP contribution is -2.15. The van der Waals surface area contributed by atoms with Gasteiger partial charge in [-0.1, -0.05) is 41.5 Å². The lowest BCUT2D eigenvalue weighted by Gasteiger charge is -2.18. The molecule has 0 aliphatic carbocycles. The maximum atomic E-state index is 12.4. The van der Waals surface area contributed by atoms with E-state index in [1.54, 1.807) is 11.8 Å². The van der Waals surface area contributed by atoms with Gasteiger partial charge in [0.15, 0.2) is 0 Å². The minimum atomic E-state index is 0.0160. The number of aryl methyl sites for hydroxylation is 4. The molecule has 3 aromatic rings. The number of amides is 1. The predicted octanol–water partition coefficient (Wildman–Crippen LogP) is 4.88. The minimum absolute atomic E-state index is 0.0160. The quantitative estimate of drug-likeness (QED) is 0.692. The highest BCUT2D eigenvalue weighted by atomic mass is 32.2. The average molecular weight is 378 g/mol. The van der Waals surface area contributed by atoms with Crippen LogP contribution in [0, 0.1) is 27.7 Å². The highest BCUT2D eigenvalue weighted by molar-refractivity contribution is 8.00. The van der Waals surface area contributed by atoms with Gasteiger partial charge in [-0.15, -0.1) is 11.8 Å². The Morgan fingerprint density at radius 1 is 1.04 bits per heavy atom. The number of hydrogen-bond donors (Lipinski definition) is 1. The predicted molar refractivity (Wildman–Crippen MR) is 112 cm³/mol. The van der Waals surface area contributed by atoms with Gasteiger partial charge in [-0.3, -0.25) is 4.79 Å². The second kappa shape index (κ2) is 6.89. The fourth-order valence-electron chi connectivity index (χ4n) is 3.54. The van der Waals surface area contributed by atoms with Gasteiger partial charge in [0.05, 0.1) is 22.4 Å². The van der Waals surface area contributed by atoms with Crippen LogP contribution in [-0.2, 0) is 4.79 Å². The topological polar surface area (TPSA) is 46.9 Å². The first-order valence-electron chi connectivity index (χ1n) is 9.09. The fourth-order valence-corrected chi connectivity index (χ4v) is 4.82. The van der Waals surface area contributed by atoms with Crippen molar-refractivity contribution in [2.75, 3.05) is 11.1 Å². The normalized spacial score (nSPS) is 16.6. The third kappa shape index (κ3) is 3.28. The molecule has 1 amide bonds. The monoisotopic (exact) mass is 377 g/mol. The summed E-state index contributed by atoms with van der Waals surface area (Å²) in [7, 11) is 0. The van der Waals surface area contributed by atoms with Crippen LogP contribution in [0.15, 0.2) is 42.5 Å². The molecule has 27 heavy (non-hydrogen) atoms. The Kier molecular flexibility index (Phi) is 4.56. The van der Waals surface area contributed by atoms with Gasteiger partial charge in [-0.25, -0.2) is 4.68 Å². The number of carbonyl (C=O) groups excluding carboxylic acids is 1. The van der Waals surface area contributed by atoms with Crippen LogP contribution in [0.25, 0.3) is 5.69 Å². The molecular formula is C22H23N3OS. The molecule has 1 aromatic heterocycles. The SMILES string of the molecule is Cc1ccc(-n2nc(C)c3c2NC(=O)CS[C@H]3c2cc(C)ccc2C)cc1. The van der Waals surface area contributed by atoms with Gasteiger partial charge in [0, 0.05) is 5.56 Å². The molecule has 4 nitrogen and oxygen atoms in total. The Morgan fingerprint density at radius 3 is 2.48 bits per heavy atom. The number of benzene rings is 2. The molecule has 138 valence electrons. The number of rotatable bonds is 2. The molecule has 0 radical (unpaired) electrons. The van der Waals surface area contributed by atoms with Crippen molar-refractivity contribution in [2.24, 2.45) is 0 Å². The summed E-state index contributed by atoms with van der Waals surface area (Å²) in [5.74, 6) is 1.24. The smallest absolute Gasteiger partial charge is 0.235 e. The van der Waals surface area contributed by atoms with Crippen molar-refractivity contribution in [3.63, 3.8) is 0 Å². The van der Waals surface area contributed by atoms with Crippen LogP contribution < -0.4 is 5.32 Å². The third-order valence-electron chi connectivity index (χ3n) is 5.00. The number of hydrogen-bond acceptors (Lipinski definition) is 3. The summed E-state index contributed by atoms with van der Waals surface area (Å²) in [4.78, 5) is 12.4. The summed E-state index contributed by atoms with van der Waals surface area (Å²) in [6.45, 7) is 8.33. The molecule has 0 saturated carbocycles. The van der Waals surface area contributed by atoms with Crippen molar-refractivity contribution >= 4 is 23.5 Å². The fraction of sp³-hybridized carbons (Fsp3) is 0.273. The van der Waals surface area contributed by atoms with Gasteiger partial charge in [-0.2, -0.15) is 5.10 Å². The number of carbonyl (C=O) groups is 1. The zero-order chi connectivity index (χ0) is 19.1. The Morgan fingerprint density at radius 2 is 1.74 bits per heavy atom. The molecule has 0 bridgehead atoms. The van der Waals surface area contributed by atoms with Gasteiger partial charge in [-0.05, 0) is 51.0 Å². The molecular weight excluding hydrogens is 354 g/mol. The van der Waals surface area contributed by atoms with E-state index in [1.165, 1.54) is 22.3 Å². The first-order valence-corrected chi connectivity index (χ1v) is 10.1. The lowest BCUT2D eigenvalue weighted by molar-refractivity contribution is -0.113.